The van der Waals surface area contributed by atoms with Crippen LogP contribution in [-0.4, -0.2) is 12.1 Å². The summed E-state index contributed by atoms with van der Waals surface area (Å²) in [6.07, 6.45) is 9.69. The van der Waals surface area contributed by atoms with Gasteiger partial charge in [0.15, 0.2) is 0 Å². The molecule has 0 aliphatic heterocycles. The SMILES string of the molecule is C=C(I)CCC/C=C/C(=O)O[C@@H]1C[C@H](C)CC[C@H]1C(C)(C)c1ccccc1. The van der Waals surface area contributed by atoms with Crippen molar-refractivity contribution in [3.05, 3.63) is 58.2 Å². The van der Waals surface area contributed by atoms with E-state index in [4.69, 9.17) is 4.74 Å². The van der Waals surface area contributed by atoms with Gasteiger partial charge < -0.3 is 4.74 Å². The van der Waals surface area contributed by atoms with Gasteiger partial charge in [0.1, 0.15) is 6.10 Å². The van der Waals surface area contributed by atoms with E-state index in [0.717, 1.165) is 35.7 Å². The predicted molar refractivity (Wildman–Crippen MR) is 122 cm³/mol. The Morgan fingerprint density at radius 3 is 2.67 bits per heavy atom. The Bertz CT molecular complexity index is 648. The van der Waals surface area contributed by atoms with E-state index in [-0.39, 0.29) is 17.5 Å². The van der Waals surface area contributed by atoms with E-state index in [0.29, 0.717) is 11.8 Å². The van der Waals surface area contributed by atoms with Crippen molar-refractivity contribution in [2.45, 2.75) is 70.8 Å². The van der Waals surface area contributed by atoms with Crippen LogP contribution in [-0.2, 0) is 14.9 Å². The zero-order valence-corrected chi connectivity index (χ0v) is 19.1. The first-order valence-electron chi connectivity index (χ1n) is 10.1. The summed E-state index contributed by atoms with van der Waals surface area (Å²) >= 11 is 2.25. The van der Waals surface area contributed by atoms with Crippen LogP contribution in [0, 0.1) is 11.8 Å². The van der Waals surface area contributed by atoms with Gasteiger partial charge in [-0.25, -0.2) is 4.79 Å². The lowest BCUT2D eigenvalue weighted by Crippen LogP contribution is -2.43. The number of benzene rings is 1. The van der Waals surface area contributed by atoms with Gasteiger partial charge in [0.05, 0.1) is 0 Å². The zero-order valence-electron chi connectivity index (χ0n) is 16.9. The molecule has 1 aromatic rings. The largest absolute Gasteiger partial charge is 0.459 e. The molecule has 1 aliphatic carbocycles. The fourth-order valence-corrected chi connectivity index (χ4v) is 4.53. The second kappa shape index (κ2) is 10.4. The minimum Gasteiger partial charge on any atom is -0.459 e. The number of esters is 1. The molecule has 0 saturated heterocycles. The summed E-state index contributed by atoms with van der Waals surface area (Å²) in [5, 5.41) is 0. The molecule has 2 nitrogen and oxygen atoms in total. The maximum Gasteiger partial charge on any atom is 0.330 e. The van der Waals surface area contributed by atoms with Crippen LogP contribution in [0.2, 0.25) is 0 Å². The molecule has 0 heterocycles. The highest BCUT2D eigenvalue weighted by atomic mass is 127. The summed E-state index contributed by atoms with van der Waals surface area (Å²) in [5.74, 6) is 0.747. The second-order valence-corrected chi connectivity index (χ2v) is 9.93. The Kier molecular flexibility index (Phi) is 8.59. The van der Waals surface area contributed by atoms with E-state index in [1.54, 1.807) is 6.08 Å². The molecule has 3 heteroatoms. The summed E-state index contributed by atoms with van der Waals surface area (Å²) < 4.78 is 7.12. The third kappa shape index (κ3) is 6.78. The number of carbonyl (C=O) groups is 1. The van der Waals surface area contributed by atoms with Gasteiger partial charge in [-0.3, -0.25) is 0 Å². The molecule has 1 aliphatic rings. The topological polar surface area (TPSA) is 26.3 Å². The van der Waals surface area contributed by atoms with Crippen molar-refractivity contribution in [2.24, 2.45) is 11.8 Å². The predicted octanol–water partition coefficient (Wildman–Crippen LogP) is 6.99. The van der Waals surface area contributed by atoms with Gasteiger partial charge in [-0.05, 0) is 75.2 Å². The van der Waals surface area contributed by atoms with E-state index in [2.05, 4.69) is 80.3 Å². The fourth-order valence-electron chi connectivity index (χ4n) is 4.15. The number of halogens is 1. The number of hydrogen-bond acceptors (Lipinski definition) is 2. The Morgan fingerprint density at radius 2 is 2.00 bits per heavy atom. The van der Waals surface area contributed by atoms with Crippen molar-refractivity contribution in [1.82, 2.24) is 0 Å². The molecule has 1 aromatic carbocycles. The van der Waals surface area contributed by atoms with Gasteiger partial charge in [-0.1, -0.05) is 70.2 Å². The molecular weight excluding hydrogens is 447 g/mol. The molecule has 0 aromatic heterocycles. The van der Waals surface area contributed by atoms with Crippen LogP contribution in [0.1, 0.15) is 64.9 Å². The van der Waals surface area contributed by atoms with Crippen LogP contribution < -0.4 is 0 Å². The summed E-state index contributed by atoms with van der Waals surface area (Å²) in [6.45, 7) is 10.7. The normalized spacial score (nSPS) is 23.3. The number of hydrogen-bond donors (Lipinski definition) is 0. The van der Waals surface area contributed by atoms with Gasteiger partial charge in [0, 0.05) is 12.0 Å². The van der Waals surface area contributed by atoms with Gasteiger partial charge >= 0.3 is 5.97 Å². The maximum atomic E-state index is 12.4. The molecule has 2 rings (SSSR count). The van der Waals surface area contributed by atoms with Crippen molar-refractivity contribution in [3.8, 4) is 0 Å². The molecule has 0 amide bonds. The van der Waals surface area contributed by atoms with E-state index >= 15 is 0 Å². The van der Waals surface area contributed by atoms with Gasteiger partial charge in [0.25, 0.3) is 0 Å². The molecular formula is C24H33IO2. The molecule has 0 N–H and O–H groups in total. The monoisotopic (exact) mass is 480 g/mol. The Balaban J connectivity index is 2.02. The quantitative estimate of drug-likeness (QED) is 0.174. The molecule has 0 radical (unpaired) electrons. The van der Waals surface area contributed by atoms with Gasteiger partial charge in [-0.15, -0.1) is 0 Å². The Labute approximate surface area is 178 Å². The minimum atomic E-state index is -0.198. The lowest BCUT2D eigenvalue weighted by Gasteiger charge is -2.43. The van der Waals surface area contributed by atoms with E-state index in [1.807, 2.05) is 6.08 Å². The highest BCUT2D eigenvalue weighted by molar-refractivity contribution is 14.1. The van der Waals surface area contributed by atoms with E-state index in [9.17, 15) is 4.79 Å². The van der Waals surface area contributed by atoms with Crippen LogP contribution in [0.4, 0.5) is 0 Å². The van der Waals surface area contributed by atoms with Crippen molar-refractivity contribution < 1.29 is 9.53 Å². The highest BCUT2D eigenvalue weighted by Crippen LogP contribution is 2.43. The average Bonchev–Trinajstić information content (AvgIpc) is 2.61. The van der Waals surface area contributed by atoms with Crippen molar-refractivity contribution in [2.75, 3.05) is 0 Å². The summed E-state index contributed by atoms with van der Waals surface area (Å²) in [6, 6.07) is 10.6. The number of ether oxygens (including phenoxy) is 1. The smallest absolute Gasteiger partial charge is 0.330 e. The van der Waals surface area contributed by atoms with Crippen LogP contribution in [0.25, 0.3) is 0 Å². The van der Waals surface area contributed by atoms with Gasteiger partial charge in [0.2, 0.25) is 0 Å². The average molecular weight is 480 g/mol. The number of allylic oxidation sites excluding steroid dienone is 2. The highest BCUT2D eigenvalue weighted by Gasteiger charge is 2.41. The lowest BCUT2D eigenvalue weighted by atomic mass is 9.64. The first-order chi connectivity index (χ1) is 12.8. The molecule has 27 heavy (non-hydrogen) atoms. The standard InChI is InChI=1S/C24H33IO2/c1-18-15-16-21(24(3,4)20-12-8-6-9-13-20)22(17-18)27-23(26)14-10-5-7-11-19(2)25/h6,8-10,12-14,18,21-22H,2,5,7,11,15-17H2,1,3-4H3/b14-10+/t18-,21-,22-/m1/s1. The van der Waals surface area contributed by atoms with Crippen molar-refractivity contribution in [1.29, 1.82) is 0 Å². The van der Waals surface area contributed by atoms with Gasteiger partial charge in [-0.2, -0.15) is 0 Å². The number of rotatable bonds is 8. The molecule has 1 fully saturated rings. The van der Waals surface area contributed by atoms with Crippen molar-refractivity contribution >= 4 is 28.6 Å². The molecule has 148 valence electrons. The van der Waals surface area contributed by atoms with Crippen LogP contribution in [0.3, 0.4) is 0 Å². The maximum absolute atomic E-state index is 12.4. The molecule has 3 atom stereocenters. The summed E-state index contributed by atoms with van der Waals surface area (Å²) in [4.78, 5) is 12.4. The molecule has 0 bridgehead atoms. The third-order valence-corrected chi connectivity index (χ3v) is 6.38. The Morgan fingerprint density at radius 1 is 1.30 bits per heavy atom. The van der Waals surface area contributed by atoms with Crippen molar-refractivity contribution in [3.63, 3.8) is 0 Å². The lowest BCUT2D eigenvalue weighted by molar-refractivity contribution is -0.150. The zero-order chi connectivity index (χ0) is 19.9. The van der Waals surface area contributed by atoms with E-state index in [1.165, 1.54) is 12.0 Å². The molecule has 1 saturated carbocycles. The first-order valence-corrected chi connectivity index (χ1v) is 11.1. The van der Waals surface area contributed by atoms with Crippen LogP contribution in [0.15, 0.2) is 52.6 Å². The molecule has 0 unspecified atom stereocenters. The number of unbranched alkanes of at least 4 members (excludes halogenated alkanes) is 1. The molecule has 0 spiro atoms. The summed E-state index contributed by atoms with van der Waals surface area (Å²) in [5.41, 5.74) is 1.30. The van der Waals surface area contributed by atoms with E-state index < -0.39 is 0 Å². The first kappa shape index (κ1) is 22.2. The van der Waals surface area contributed by atoms with Crippen LogP contribution >= 0.6 is 22.6 Å². The third-order valence-electron chi connectivity index (χ3n) is 5.84. The second-order valence-electron chi connectivity index (χ2n) is 8.40. The fraction of sp³-hybridized carbons (Fsp3) is 0.542. The Hall–Kier alpha value is -1.10. The minimum absolute atomic E-state index is 0.0172. The van der Waals surface area contributed by atoms with Crippen LogP contribution in [0.5, 0.6) is 0 Å². The summed E-state index contributed by atoms with van der Waals surface area (Å²) in [7, 11) is 0. The number of carbonyl (C=O) groups excluding carboxylic acids is 1.